The van der Waals surface area contributed by atoms with Crippen LogP contribution in [0.3, 0.4) is 0 Å². The molecule has 0 bridgehead atoms. The molecule has 208 valence electrons. The van der Waals surface area contributed by atoms with E-state index in [4.69, 9.17) is 14.2 Å². The van der Waals surface area contributed by atoms with Gasteiger partial charge in [-0.3, -0.25) is 9.69 Å². The van der Waals surface area contributed by atoms with E-state index in [1.54, 1.807) is 14.2 Å². The number of carbonyl (C=O) groups excluding carboxylic acids is 1. The van der Waals surface area contributed by atoms with Crippen molar-refractivity contribution in [2.24, 2.45) is 5.92 Å². The van der Waals surface area contributed by atoms with E-state index in [1.807, 2.05) is 38.1 Å². The number of esters is 1. The molecule has 2 atom stereocenters. The number of hydrogen-bond acceptors (Lipinski definition) is 5. The molecule has 3 aromatic rings. The van der Waals surface area contributed by atoms with Gasteiger partial charge < -0.3 is 14.2 Å². The lowest BCUT2D eigenvalue weighted by Crippen LogP contribution is -2.35. The molecule has 5 heteroatoms. The molecule has 0 radical (unpaired) electrons. The number of hydrogen-bond donors (Lipinski definition) is 0. The Kier molecular flexibility index (Phi) is 8.41. The average Bonchev–Trinajstić information content (AvgIpc) is 3.00. The predicted molar refractivity (Wildman–Crippen MR) is 159 cm³/mol. The first kappa shape index (κ1) is 27.7. The summed E-state index contributed by atoms with van der Waals surface area (Å²) in [6.07, 6.45) is 8.23. The van der Waals surface area contributed by atoms with Crippen molar-refractivity contribution < 1.29 is 19.0 Å². The molecule has 0 aromatic heterocycles. The molecule has 2 unspecified atom stereocenters. The molecule has 0 saturated heterocycles. The Balaban J connectivity index is 1.49. The maximum absolute atomic E-state index is 12.7. The highest BCUT2D eigenvalue weighted by atomic mass is 16.5. The number of allylic oxidation sites excluding steroid dienone is 3. The summed E-state index contributed by atoms with van der Waals surface area (Å²) >= 11 is 0. The highest BCUT2D eigenvalue weighted by molar-refractivity contribution is 5.76. The van der Waals surface area contributed by atoms with Gasteiger partial charge in [0.15, 0.2) is 0 Å². The Morgan fingerprint density at radius 3 is 2.35 bits per heavy atom. The van der Waals surface area contributed by atoms with E-state index in [9.17, 15) is 4.79 Å². The third-order valence-corrected chi connectivity index (χ3v) is 8.37. The van der Waals surface area contributed by atoms with E-state index in [2.05, 4.69) is 65.6 Å². The van der Waals surface area contributed by atoms with Gasteiger partial charge in [-0.1, -0.05) is 66.3 Å². The third kappa shape index (κ3) is 5.57. The fourth-order valence-corrected chi connectivity index (χ4v) is 6.13. The third-order valence-electron chi connectivity index (χ3n) is 8.37. The minimum atomic E-state index is -0.388. The molecule has 5 rings (SSSR count). The largest absolute Gasteiger partial charge is 0.497 e. The Morgan fingerprint density at radius 1 is 0.975 bits per heavy atom. The van der Waals surface area contributed by atoms with Gasteiger partial charge in [0, 0.05) is 25.0 Å². The van der Waals surface area contributed by atoms with Crippen LogP contribution >= 0.6 is 0 Å². The highest BCUT2D eigenvalue weighted by Gasteiger charge is 2.39. The number of rotatable bonds is 9. The zero-order valence-corrected chi connectivity index (χ0v) is 24.0. The van der Waals surface area contributed by atoms with E-state index in [1.165, 1.54) is 27.8 Å². The van der Waals surface area contributed by atoms with Gasteiger partial charge in [0.25, 0.3) is 0 Å². The van der Waals surface area contributed by atoms with Crippen LogP contribution < -0.4 is 9.47 Å². The number of methoxy groups -OCH3 is 2. The van der Waals surface area contributed by atoms with E-state index >= 15 is 0 Å². The topological polar surface area (TPSA) is 48.0 Å². The smallest absolute Gasteiger partial charge is 0.312 e. The standard InChI is InChI=1S/C35H39NO4/c1-5-40-34(37)25(2)27-9-7-20-35(22-27,29-13-17-31(39-4)18-14-29)33-10-6-8-28-24-36(21-19-32(28)33)23-26-11-15-30(38-3)16-12-26/h6-18,20,25H,5,19,21-24H2,1-4H3. The molecule has 2 aliphatic rings. The fourth-order valence-electron chi connectivity index (χ4n) is 6.13. The lowest BCUT2D eigenvalue weighted by atomic mass is 9.65. The second kappa shape index (κ2) is 12.1. The van der Waals surface area contributed by atoms with Crippen LogP contribution in [-0.4, -0.2) is 38.2 Å². The van der Waals surface area contributed by atoms with E-state index in [0.717, 1.165) is 49.5 Å². The quantitative estimate of drug-likeness (QED) is 0.287. The van der Waals surface area contributed by atoms with Crippen LogP contribution in [0, 0.1) is 5.92 Å². The number of carbonyl (C=O) groups is 1. The second-order valence-corrected chi connectivity index (χ2v) is 10.7. The molecule has 0 amide bonds. The molecular weight excluding hydrogens is 498 g/mol. The van der Waals surface area contributed by atoms with Crippen molar-refractivity contribution >= 4 is 5.97 Å². The average molecular weight is 538 g/mol. The molecular formula is C35H39NO4. The summed E-state index contributed by atoms with van der Waals surface area (Å²) in [6, 6.07) is 23.5. The van der Waals surface area contributed by atoms with Gasteiger partial charge in [0.1, 0.15) is 11.5 Å². The van der Waals surface area contributed by atoms with E-state index < -0.39 is 0 Å². The Morgan fingerprint density at radius 2 is 1.68 bits per heavy atom. The van der Waals surface area contributed by atoms with E-state index in [-0.39, 0.29) is 17.3 Å². The first-order valence-corrected chi connectivity index (χ1v) is 14.1. The Hall–Kier alpha value is -3.83. The summed E-state index contributed by atoms with van der Waals surface area (Å²) in [5.41, 5.74) is 7.28. The number of benzene rings is 3. The van der Waals surface area contributed by atoms with Crippen molar-refractivity contribution in [1.82, 2.24) is 4.90 Å². The van der Waals surface area contributed by atoms with Crippen LogP contribution in [0.2, 0.25) is 0 Å². The molecule has 0 N–H and O–H groups in total. The molecule has 0 fully saturated rings. The summed E-state index contributed by atoms with van der Waals surface area (Å²) in [5, 5.41) is 0. The zero-order valence-electron chi connectivity index (χ0n) is 24.0. The molecule has 1 aliphatic carbocycles. The Bertz CT molecular complexity index is 1390. The summed E-state index contributed by atoms with van der Waals surface area (Å²) in [4.78, 5) is 15.3. The molecule has 0 saturated carbocycles. The molecule has 1 aliphatic heterocycles. The predicted octanol–water partition coefficient (Wildman–Crippen LogP) is 6.63. The van der Waals surface area contributed by atoms with Gasteiger partial charge in [-0.05, 0) is 78.8 Å². The van der Waals surface area contributed by atoms with Gasteiger partial charge >= 0.3 is 5.97 Å². The maximum Gasteiger partial charge on any atom is 0.312 e. The highest BCUT2D eigenvalue weighted by Crippen LogP contribution is 2.46. The van der Waals surface area contributed by atoms with Crippen molar-refractivity contribution in [2.45, 2.75) is 45.2 Å². The minimum Gasteiger partial charge on any atom is -0.497 e. The summed E-state index contributed by atoms with van der Waals surface area (Å²) < 4.78 is 16.2. The molecule has 0 spiro atoms. The molecule has 5 nitrogen and oxygen atoms in total. The van der Waals surface area contributed by atoms with Crippen molar-refractivity contribution in [2.75, 3.05) is 27.4 Å². The molecule has 1 heterocycles. The molecule has 3 aromatic carbocycles. The van der Waals surface area contributed by atoms with Crippen LogP contribution in [0.5, 0.6) is 11.5 Å². The zero-order chi connectivity index (χ0) is 28.1. The normalized spacial score (nSPS) is 19.4. The number of nitrogens with zero attached hydrogens (tertiary/aromatic N) is 1. The first-order chi connectivity index (χ1) is 19.5. The summed E-state index contributed by atoms with van der Waals surface area (Å²) in [5.74, 6) is 1.24. The van der Waals surface area contributed by atoms with Gasteiger partial charge in [-0.2, -0.15) is 0 Å². The van der Waals surface area contributed by atoms with Gasteiger partial charge in [0.2, 0.25) is 0 Å². The van der Waals surface area contributed by atoms with Gasteiger partial charge in [-0.15, -0.1) is 0 Å². The second-order valence-electron chi connectivity index (χ2n) is 10.7. The molecule has 40 heavy (non-hydrogen) atoms. The van der Waals surface area contributed by atoms with Crippen molar-refractivity contribution in [1.29, 1.82) is 0 Å². The summed E-state index contributed by atoms with van der Waals surface area (Å²) in [6.45, 7) is 6.99. The Labute approximate surface area is 238 Å². The summed E-state index contributed by atoms with van der Waals surface area (Å²) in [7, 11) is 3.39. The lowest BCUT2D eigenvalue weighted by Gasteiger charge is -2.40. The number of ether oxygens (including phenoxy) is 3. The monoisotopic (exact) mass is 537 g/mol. The van der Waals surface area contributed by atoms with Crippen molar-refractivity contribution in [3.8, 4) is 11.5 Å². The number of fused-ring (bicyclic) bond motifs is 1. The van der Waals surface area contributed by atoms with Crippen LogP contribution in [-0.2, 0) is 34.5 Å². The first-order valence-electron chi connectivity index (χ1n) is 14.1. The maximum atomic E-state index is 12.7. The van der Waals surface area contributed by atoms with Crippen LogP contribution in [0.4, 0.5) is 0 Å². The van der Waals surface area contributed by atoms with Crippen LogP contribution in [0.25, 0.3) is 0 Å². The van der Waals surface area contributed by atoms with Gasteiger partial charge in [-0.25, -0.2) is 0 Å². The van der Waals surface area contributed by atoms with Crippen LogP contribution in [0.15, 0.2) is 90.5 Å². The van der Waals surface area contributed by atoms with Crippen LogP contribution in [0.1, 0.15) is 48.1 Å². The van der Waals surface area contributed by atoms with E-state index in [0.29, 0.717) is 6.61 Å². The van der Waals surface area contributed by atoms with Gasteiger partial charge in [0.05, 0.1) is 26.7 Å². The van der Waals surface area contributed by atoms with Crippen molar-refractivity contribution in [3.05, 3.63) is 118 Å². The van der Waals surface area contributed by atoms with Crippen molar-refractivity contribution in [3.63, 3.8) is 0 Å². The fraction of sp³-hybridized carbons (Fsp3) is 0.343. The minimum absolute atomic E-state index is 0.169. The lowest BCUT2D eigenvalue weighted by molar-refractivity contribution is -0.146. The SMILES string of the molecule is CCOC(=O)C(C)C1=CC=CC(c2ccc(OC)cc2)(c2cccc3c2CCN(Cc2ccc(OC)cc2)C3)C1.